The first-order valence-corrected chi connectivity index (χ1v) is 11.1. The number of aromatic nitrogens is 1. The maximum atomic E-state index is 12.9. The molecule has 0 N–H and O–H groups in total. The number of rotatable bonds is 5. The van der Waals surface area contributed by atoms with Gasteiger partial charge in [-0.2, -0.15) is 17.5 Å². The highest BCUT2D eigenvalue weighted by atomic mass is 35.5. The number of nitrogens with zero attached hydrogens (tertiary/aromatic N) is 3. The first kappa shape index (κ1) is 23.6. The van der Waals surface area contributed by atoms with E-state index in [-0.39, 0.29) is 46.7 Å². The maximum Gasteiger partial charge on any atom is 0.422 e. The number of ether oxygens (including phenoxy) is 1. The summed E-state index contributed by atoms with van der Waals surface area (Å²) in [5.41, 5.74) is -0.141. The minimum absolute atomic E-state index is 0.00768. The quantitative estimate of drug-likeness (QED) is 0.631. The van der Waals surface area contributed by atoms with Crippen molar-refractivity contribution in [2.45, 2.75) is 11.1 Å². The van der Waals surface area contributed by atoms with Crippen molar-refractivity contribution in [1.29, 1.82) is 0 Å². The van der Waals surface area contributed by atoms with Gasteiger partial charge < -0.3 is 9.64 Å². The Bertz CT molecular complexity index is 1050. The molecule has 1 amide bonds. The molecular formula is C18H16Cl2F3N3O4S. The summed E-state index contributed by atoms with van der Waals surface area (Å²) in [6, 6.07) is 7.03. The zero-order valence-corrected chi connectivity index (χ0v) is 18.1. The lowest BCUT2D eigenvalue weighted by Gasteiger charge is -2.34. The van der Waals surface area contributed by atoms with Crippen LogP contribution in [0.1, 0.15) is 10.4 Å². The summed E-state index contributed by atoms with van der Waals surface area (Å²) >= 11 is 12.0. The molecule has 1 saturated heterocycles. The van der Waals surface area contributed by atoms with E-state index in [0.717, 1.165) is 4.31 Å². The van der Waals surface area contributed by atoms with Crippen molar-refractivity contribution < 1.29 is 31.1 Å². The van der Waals surface area contributed by atoms with Gasteiger partial charge in [-0.1, -0.05) is 29.3 Å². The third-order valence-corrected chi connectivity index (χ3v) is 7.27. The van der Waals surface area contributed by atoms with E-state index in [4.69, 9.17) is 23.2 Å². The van der Waals surface area contributed by atoms with E-state index in [2.05, 4.69) is 9.72 Å². The third-order valence-electron chi connectivity index (χ3n) is 4.42. The fraction of sp³-hybridized carbons (Fsp3) is 0.333. The number of carbonyl (C=O) groups is 1. The Kier molecular flexibility index (Phi) is 6.99. The number of pyridine rings is 1. The monoisotopic (exact) mass is 497 g/mol. The van der Waals surface area contributed by atoms with E-state index in [9.17, 15) is 26.4 Å². The summed E-state index contributed by atoms with van der Waals surface area (Å²) in [6.45, 7) is -1.67. The molecule has 2 heterocycles. The van der Waals surface area contributed by atoms with Gasteiger partial charge in [-0.05, 0) is 24.3 Å². The number of benzene rings is 1. The Labute approximate surface area is 186 Å². The smallest absolute Gasteiger partial charge is 0.422 e. The fourth-order valence-corrected chi connectivity index (χ4v) is 5.49. The molecule has 1 aliphatic heterocycles. The Morgan fingerprint density at radius 1 is 1.06 bits per heavy atom. The number of piperazine rings is 1. The molecule has 1 aromatic heterocycles. The Balaban J connectivity index is 1.72. The Morgan fingerprint density at radius 2 is 1.68 bits per heavy atom. The summed E-state index contributed by atoms with van der Waals surface area (Å²) in [7, 11) is -4.00. The summed E-state index contributed by atoms with van der Waals surface area (Å²) in [5, 5.41) is -0.0411. The molecule has 1 aromatic carbocycles. The molecule has 1 fully saturated rings. The van der Waals surface area contributed by atoms with E-state index < -0.39 is 34.6 Å². The van der Waals surface area contributed by atoms with Crippen LogP contribution in [0.5, 0.6) is 5.88 Å². The van der Waals surface area contributed by atoms with Crippen LogP contribution in [0.2, 0.25) is 10.0 Å². The molecule has 2 aromatic rings. The Morgan fingerprint density at radius 3 is 2.26 bits per heavy atom. The van der Waals surface area contributed by atoms with Crippen LogP contribution >= 0.6 is 23.2 Å². The van der Waals surface area contributed by atoms with Crippen LogP contribution in [-0.2, 0) is 10.0 Å². The van der Waals surface area contributed by atoms with Gasteiger partial charge in [-0.3, -0.25) is 4.79 Å². The van der Waals surface area contributed by atoms with Crippen molar-refractivity contribution in [2.24, 2.45) is 0 Å². The van der Waals surface area contributed by atoms with E-state index >= 15 is 0 Å². The number of carbonyl (C=O) groups excluding carboxylic acids is 1. The number of alkyl halides is 3. The van der Waals surface area contributed by atoms with Crippen LogP contribution in [0.25, 0.3) is 0 Å². The predicted octanol–water partition coefficient (Wildman–Crippen LogP) is 3.48. The topological polar surface area (TPSA) is 79.8 Å². The van der Waals surface area contributed by atoms with Gasteiger partial charge in [-0.15, -0.1) is 0 Å². The van der Waals surface area contributed by atoms with Crippen LogP contribution in [0.3, 0.4) is 0 Å². The highest BCUT2D eigenvalue weighted by Gasteiger charge is 2.34. The van der Waals surface area contributed by atoms with Crippen molar-refractivity contribution >= 4 is 39.1 Å². The van der Waals surface area contributed by atoms with Crippen LogP contribution in [0.15, 0.2) is 41.4 Å². The standard InChI is InChI=1S/C18H16Cl2F3N3O4S/c19-13-4-1-5-14(20)15(13)31(28,29)26-9-7-25(8-10-26)17(27)12-3-2-6-24-16(12)30-11-18(21,22)23/h1-6H,7-11H2. The first-order chi connectivity index (χ1) is 14.5. The fourth-order valence-electron chi connectivity index (χ4n) is 2.98. The van der Waals surface area contributed by atoms with Crippen molar-refractivity contribution in [3.05, 3.63) is 52.1 Å². The molecule has 7 nitrogen and oxygen atoms in total. The first-order valence-electron chi connectivity index (χ1n) is 8.89. The van der Waals surface area contributed by atoms with Crippen LogP contribution in [0, 0.1) is 0 Å². The molecule has 0 atom stereocenters. The predicted molar refractivity (Wildman–Crippen MR) is 107 cm³/mol. The average Bonchev–Trinajstić information content (AvgIpc) is 2.71. The van der Waals surface area contributed by atoms with E-state index in [0.29, 0.717) is 0 Å². The average molecular weight is 498 g/mol. The molecule has 0 radical (unpaired) electrons. The SMILES string of the molecule is O=C(c1cccnc1OCC(F)(F)F)N1CCN(S(=O)(=O)c2c(Cl)cccc2Cl)CC1. The molecular weight excluding hydrogens is 482 g/mol. The third kappa shape index (κ3) is 5.40. The van der Waals surface area contributed by atoms with E-state index in [1.54, 1.807) is 0 Å². The molecule has 0 aliphatic carbocycles. The molecule has 168 valence electrons. The molecule has 13 heteroatoms. The summed E-state index contributed by atoms with van der Waals surface area (Å²) < 4.78 is 69.0. The molecule has 0 spiro atoms. The largest absolute Gasteiger partial charge is 0.467 e. The van der Waals surface area contributed by atoms with Crippen molar-refractivity contribution in [3.63, 3.8) is 0 Å². The van der Waals surface area contributed by atoms with Gasteiger partial charge in [0.2, 0.25) is 15.9 Å². The number of halogens is 5. The second kappa shape index (κ2) is 9.19. The van der Waals surface area contributed by atoms with E-state index in [1.165, 1.54) is 41.4 Å². The number of hydrogen-bond donors (Lipinski definition) is 0. The van der Waals surface area contributed by atoms with Gasteiger partial charge in [-0.25, -0.2) is 13.4 Å². The maximum absolute atomic E-state index is 12.9. The lowest BCUT2D eigenvalue weighted by molar-refractivity contribution is -0.154. The molecule has 31 heavy (non-hydrogen) atoms. The van der Waals surface area contributed by atoms with E-state index in [1.807, 2.05) is 0 Å². The summed E-state index contributed by atoms with van der Waals surface area (Å²) in [4.78, 5) is 17.6. The van der Waals surface area contributed by atoms with Gasteiger partial charge in [0, 0.05) is 32.4 Å². The zero-order chi connectivity index (χ0) is 22.8. The number of sulfonamides is 1. The highest BCUT2D eigenvalue weighted by molar-refractivity contribution is 7.89. The zero-order valence-electron chi connectivity index (χ0n) is 15.8. The van der Waals surface area contributed by atoms with Crippen molar-refractivity contribution in [3.8, 4) is 5.88 Å². The van der Waals surface area contributed by atoms with Crippen LogP contribution in [0.4, 0.5) is 13.2 Å². The summed E-state index contributed by atoms with van der Waals surface area (Å²) in [5.74, 6) is -1.05. The second-order valence-corrected chi connectivity index (χ2v) is 9.20. The van der Waals surface area contributed by atoms with Crippen LogP contribution < -0.4 is 4.74 Å². The minimum atomic E-state index is -4.59. The van der Waals surface area contributed by atoms with Gasteiger partial charge in [0.15, 0.2) is 6.61 Å². The normalized spacial score (nSPS) is 15.7. The molecule has 0 unspecified atom stereocenters. The molecule has 1 aliphatic rings. The van der Waals surface area contributed by atoms with Gasteiger partial charge >= 0.3 is 6.18 Å². The van der Waals surface area contributed by atoms with Crippen molar-refractivity contribution in [1.82, 2.24) is 14.2 Å². The molecule has 0 saturated carbocycles. The highest BCUT2D eigenvalue weighted by Crippen LogP contribution is 2.32. The second-order valence-electron chi connectivity index (χ2n) is 6.51. The van der Waals surface area contributed by atoms with Gasteiger partial charge in [0.25, 0.3) is 5.91 Å². The minimum Gasteiger partial charge on any atom is -0.467 e. The number of amides is 1. The van der Waals surface area contributed by atoms with Crippen LogP contribution in [-0.4, -0.2) is 67.5 Å². The van der Waals surface area contributed by atoms with Crippen molar-refractivity contribution in [2.75, 3.05) is 32.8 Å². The van der Waals surface area contributed by atoms with Gasteiger partial charge in [0.05, 0.1) is 10.0 Å². The lowest BCUT2D eigenvalue weighted by atomic mass is 10.2. The number of hydrogen-bond acceptors (Lipinski definition) is 5. The summed E-state index contributed by atoms with van der Waals surface area (Å²) in [6.07, 6.45) is -3.38. The molecule has 0 bridgehead atoms. The lowest BCUT2D eigenvalue weighted by Crippen LogP contribution is -2.50. The molecule has 3 rings (SSSR count). The Hall–Kier alpha value is -2.08. The van der Waals surface area contributed by atoms with Gasteiger partial charge in [0.1, 0.15) is 10.5 Å².